The van der Waals surface area contributed by atoms with Gasteiger partial charge in [-0.2, -0.15) is 5.26 Å². The highest BCUT2D eigenvalue weighted by molar-refractivity contribution is 8.01. The van der Waals surface area contributed by atoms with E-state index in [9.17, 15) is 0 Å². The largest absolute Gasteiger partial charge is 0.374 e. The smallest absolute Gasteiger partial charge is 0.203 e. The highest BCUT2D eigenvalue weighted by Crippen LogP contribution is 2.29. The topological polar surface area (TPSA) is 75.6 Å². The Morgan fingerprint density at radius 3 is 2.67 bits per heavy atom. The van der Waals surface area contributed by atoms with E-state index in [0.29, 0.717) is 11.6 Å². The second kappa shape index (κ2) is 5.85. The molecular formula is C12H12N4S2. The number of anilines is 1. The number of nitrogens with zero attached hydrogens (tertiary/aromatic N) is 3. The second-order valence-corrected chi connectivity index (χ2v) is 6.29. The van der Waals surface area contributed by atoms with Crippen LogP contribution in [0.25, 0.3) is 0 Å². The molecule has 4 nitrogen and oxygen atoms in total. The van der Waals surface area contributed by atoms with Gasteiger partial charge in [0.25, 0.3) is 0 Å². The first-order valence-corrected chi connectivity index (χ1v) is 7.08. The van der Waals surface area contributed by atoms with Gasteiger partial charge in [-0.25, -0.2) is 0 Å². The van der Waals surface area contributed by atoms with E-state index in [1.165, 1.54) is 28.7 Å². The molecule has 1 heterocycles. The molecule has 1 aromatic heterocycles. The predicted molar refractivity (Wildman–Crippen MR) is 74.5 cm³/mol. The molecule has 0 saturated carbocycles. The van der Waals surface area contributed by atoms with Gasteiger partial charge in [-0.1, -0.05) is 52.9 Å². The zero-order valence-corrected chi connectivity index (χ0v) is 11.5. The molecule has 0 unspecified atom stereocenters. The van der Waals surface area contributed by atoms with Crippen molar-refractivity contribution in [2.45, 2.75) is 22.9 Å². The summed E-state index contributed by atoms with van der Waals surface area (Å²) in [6, 6.07) is 10.5. The molecule has 18 heavy (non-hydrogen) atoms. The summed E-state index contributed by atoms with van der Waals surface area (Å²) in [5.74, 6) is 0. The molecule has 0 fully saturated rings. The van der Waals surface area contributed by atoms with Crippen LogP contribution in [0, 0.1) is 18.3 Å². The number of hydrogen-bond acceptors (Lipinski definition) is 6. The van der Waals surface area contributed by atoms with Gasteiger partial charge in [0, 0.05) is 0 Å². The molecule has 0 bridgehead atoms. The number of aromatic nitrogens is 2. The molecule has 2 aromatic rings. The standard InChI is InChI=1S/C12H12N4S2/c1-8-2-4-9(5-3-8)6-10(7-13)17-12-16-15-11(14)18-12/h2-5,10H,6H2,1H3,(H2,14,15)/t10-/m0/s1. The van der Waals surface area contributed by atoms with E-state index in [1.807, 2.05) is 6.92 Å². The summed E-state index contributed by atoms with van der Waals surface area (Å²) in [6.07, 6.45) is 0.695. The van der Waals surface area contributed by atoms with Crippen molar-refractivity contribution < 1.29 is 0 Å². The molecule has 0 aliphatic carbocycles. The van der Waals surface area contributed by atoms with E-state index in [0.717, 1.165) is 9.90 Å². The minimum absolute atomic E-state index is 0.167. The van der Waals surface area contributed by atoms with Crippen molar-refractivity contribution in [1.82, 2.24) is 10.2 Å². The van der Waals surface area contributed by atoms with Crippen molar-refractivity contribution in [3.63, 3.8) is 0 Å². The lowest BCUT2D eigenvalue weighted by atomic mass is 10.1. The minimum atomic E-state index is -0.167. The predicted octanol–water partition coefficient (Wildman–Crippen LogP) is 2.66. The summed E-state index contributed by atoms with van der Waals surface area (Å²) in [5, 5.41) is 17.1. The molecular weight excluding hydrogens is 264 g/mol. The SMILES string of the molecule is Cc1ccc(C[C@@H](C#N)Sc2nnc(N)s2)cc1. The quantitative estimate of drug-likeness (QED) is 0.869. The Hall–Kier alpha value is -1.58. The molecule has 0 saturated heterocycles. The molecule has 1 atom stereocenters. The average Bonchev–Trinajstić information content (AvgIpc) is 2.77. The van der Waals surface area contributed by atoms with Gasteiger partial charge in [0.05, 0.1) is 6.07 Å². The van der Waals surface area contributed by atoms with Gasteiger partial charge < -0.3 is 5.73 Å². The number of hydrogen-bond donors (Lipinski definition) is 1. The van der Waals surface area contributed by atoms with Gasteiger partial charge in [-0.05, 0) is 18.9 Å². The van der Waals surface area contributed by atoms with Gasteiger partial charge in [0.15, 0.2) is 4.34 Å². The van der Waals surface area contributed by atoms with Crippen molar-refractivity contribution in [2.75, 3.05) is 5.73 Å². The first kappa shape index (κ1) is 12.9. The zero-order valence-electron chi connectivity index (χ0n) is 9.83. The van der Waals surface area contributed by atoms with Gasteiger partial charge in [0.2, 0.25) is 5.13 Å². The van der Waals surface area contributed by atoms with E-state index < -0.39 is 0 Å². The molecule has 0 aliphatic rings. The first-order chi connectivity index (χ1) is 8.67. The zero-order chi connectivity index (χ0) is 13.0. The highest BCUT2D eigenvalue weighted by atomic mass is 32.2. The lowest BCUT2D eigenvalue weighted by Crippen LogP contribution is -2.03. The third-order valence-corrected chi connectivity index (χ3v) is 4.28. The molecule has 92 valence electrons. The molecule has 6 heteroatoms. The highest BCUT2D eigenvalue weighted by Gasteiger charge is 2.13. The summed E-state index contributed by atoms with van der Waals surface area (Å²) in [6.45, 7) is 2.05. The first-order valence-electron chi connectivity index (χ1n) is 5.38. The fraction of sp³-hybridized carbons (Fsp3) is 0.250. The van der Waals surface area contributed by atoms with Crippen LogP contribution in [0.3, 0.4) is 0 Å². The van der Waals surface area contributed by atoms with Crippen molar-refractivity contribution in [1.29, 1.82) is 5.26 Å². The molecule has 2 N–H and O–H groups in total. The number of thioether (sulfide) groups is 1. The third-order valence-electron chi connectivity index (χ3n) is 2.35. The fourth-order valence-electron chi connectivity index (χ4n) is 1.44. The second-order valence-electron chi connectivity index (χ2n) is 3.83. The molecule has 2 rings (SSSR count). The van der Waals surface area contributed by atoms with Crippen LogP contribution in [-0.2, 0) is 6.42 Å². The van der Waals surface area contributed by atoms with Gasteiger partial charge in [-0.15, -0.1) is 10.2 Å². The van der Waals surface area contributed by atoms with E-state index in [4.69, 9.17) is 11.0 Å². The van der Waals surface area contributed by atoms with Crippen LogP contribution in [0.15, 0.2) is 28.6 Å². The van der Waals surface area contributed by atoms with Gasteiger partial charge >= 0.3 is 0 Å². The minimum Gasteiger partial charge on any atom is -0.374 e. The number of aryl methyl sites for hydroxylation is 1. The van der Waals surface area contributed by atoms with Crippen molar-refractivity contribution in [3.05, 3.63) is 35.4 Å². The summed E-state index contributed by atoms with van der Waals surface area (Å²) in [5.41, 5.74) is 7.88. The summed E-state index contributed by atoms with van der Waals surface area (Å²) in [7, 11) is 0. The van der Waals surface area contributed by atoms with Crippen molar-refractivity contribution >= 4 is 28.2 Å². The number of nitriles is 1. The third kappa shape index (κ3) is 3.45. The molecule has 0 spiro atoms. The van der Waals surface area contributed by atoms with Crippen LogP contribution in [0.4, 0.5) is 5.13 Å². The maximum atomic E-state index is 9.16. The van der Waals surface area contributed by atoms with E-state index in [2.05, 4.69) is 40.5 Å². The van der Waals surface area contributed by atoms with Gasteiger partial charge in [-0.3, -0.25) is 0 Å². The number of benzene rings is 1. The Kier molecular flexibility index (Phi) is 4.18. The number of rotatable bonds is 4. The summed E-state index contributed by atoms with van der Waals surface area (Å²) >= 11 is 2.72. The van der Waals surface area contributed by atoms with Crippen LogP contribution < -0.4 is 5.73 Å². The number of nitrogen functional groups attached to an aromatic ring is 1. The van der Waals surface area contributed by atoms with Crippen molar-refractivity contribution in [2.24, 2.45) is 0 Å². The molecule has 1 aromatic carbocycles. The van der Waals surface area contributed by atoms with Gasteiger partial charge in [0.1, 0.15) is 5.25 Å². The van der Waals surface area contributed by atoms with E-state index >= 15 is 0 Å². The van der Waals surface area contributed by atoms with Crippen molar-refractivity contribution in [3.8, 4) is 6.07 Å². The number of nitrogens with two attached hydrogens (primary N) is 1. The van der Waals surface area contributed by atoms with Crippen LogP contribution in [-0.4, -0.2) is 15.4 Å². The summed E-state index contributed by atoms with van der Waals surface area (Å²) < 4.78 is 0.742. The van der Waals surface area contributed by atoms with Crippen LogP contribution in [0.5, 0.6) is 0 Å². The average molecular weight is 276 g/mol. The normalized spacial score (nSPS) is 12.0. The maximum Gasteiger partial charge on any atom is 0.203 e. The monoisotopic (exact) mass is 276 g/mol. The van der Waals surface area contributed by atoms with E-state index in [-0.39, 0.29) is 5.25 Å². The lowest BCUT2D eigenvalue weighted by molar-refractivity contribution is 0.992. The lowest BCUT2D eigenvalue weighted by Gasteiger charge is -2.06. The van der Waals surface area contributed by atoms with E-state index in [1.54, 1.807) is 0 Å². The summed E-state index contributed by atoms with van der Waals surface area (Å²) in [4.78, 5) is 0. The molecule has 0 amide bonds. The van der Waals surface area contributed by atoms with Crippen LogP contribution >= 0.6 is 23.1 Å². The maximum absolute atomic E-state index is 9.16. The van der Waals surface area contributed by atoms with Crippen LogP contribution in [0.1, 0.15) is 11.1 Å². The fourth-order valence-corrected chi connectivity index (χ4v) is 3.24. The van der Waals surface area contributed by atoms with Crippen LogP contribution in [0.2, 0.25) is 0 Å². The Morgan fingerprint density at radius 2 is 2.11 bits per heavy atom. The Bertz CT molecular complexity index is 556. The molecule has 0 aliphatic heterocycles. The Morgan fingerprint density at radius 1 is 1.39 bits per heavy atom. The Balaban J connectivity index is 2.02. The Labute approximate surface area is 114 Å². The molecule has 0 radical (unpaired) electrons.